The van der Waals surface area contributed by atoms with Crippen LogP contribution < -0.4 is 0 Å². The number of benzene rings is 1. The Balaban J connectivity index is 3.26. The maximum Gasteiger partial charge on any atom is 0.284 e. The Morgan fingerprint density at radius 3 is 2.56 bits per heavy atom. The summed E-state index contributed by atoms with van der Waals surface area (Å²) in [6.07, 6.45) is 1.29. The van der Waals surface area contributed by atoms with Gasteiger partial charge in [0.25, 0.3) is 5.69 Å². The van der Waals surface area contributed by atoms with Gasteiger partial charge in [0.05, 0.1) is 9.40 Å². The van der Waals surface area contributed by atoms with Gasteiger partial charge in [0.15, 0.2) is 0 Å². The van der Waals surface area contributed by atoms with Gasteiger partial charge in [0, 0.05) is 6.07 Å². The molecule has 0 spiro atoms. The molecular weight excluding hydrogens is 274 g/mol. The van der Waals surface area contributed by atoms with E-state index in [9.17, 15) is 10.1 Å². The van der Waals surface area contributed by atoms with Crippen LogP contribution in [0.3, 0.4) is 0 Å². The first kappa shape index (κ1) is 11.9. The zero-order chi connectivity index (χ0) is 12.1. The van der Waals surface area contributed by atoms with Crippen molar-refractivity contribution in [1.29, 1.82) is 10.5 Å². The Kier molecular flexibility index (Phi) is 3.76. The molecule has 0 saturated carbocycles. The van der Waals surface area contributed by atoms with E-state index >= 15 is 0 Å². The predicted molar refractivity (Wildman–Crippen MR) is 60.0 cm³/mol. The van der Waals surface area contributed by atoms with Crippen molar-refractivity contribution in [2.75, 3.05) is 0 Å². The average molecular weight is 278 g/mol. The Bertz CT molecular complexity index is 536. The molecule has 0 aromatic heterocycles. The number of halogens is 1. The second-order valence-electron chi connectivity index (χ2n) is 2.75. The van der Waals surface area contributed by atoms with Gasteiger partial charge in [-0.05, 0) is 33.6 Å². The van der Waals surface area contributed by atoms with Gasteiger partial charge in [-0.3, -0.25) is 10.1 Å². The highest BCUT2D eigenvalue weighted by atomic mass is 79.9. The van der Waals surface area contributed by atoms with E-state index in [2.05, 4.69) is 15.9 Å². The fourth-order valence-electron chi connectivity index (χ4n) is 1.02. The Labute approximate surface area is 99.5 Å². The summed E-state index contributed by atoms with van der Waals surface area (Å²) < 4.78 is 0.352. The van der Waals surface area contributed by atoms with E-state index in [1.54, 1.807) is 18.2 Å². The van der Waals surface area contributed by atoms with E-state index in [-0.39, 0.29) is 11.3 Å². The SMILES string of the molecule is N#CC(C#N)=Cc1ccc(Br)c([N+](=O)[O-])c1. The molecule has 0 aliphatic carbocycles. The van der Waals surface area contributed by atoms with Gasteiger partial charge in [-0.25, -0.2) is 0 Å². The minimum absolute atomic E-state index is 0.100. The van der Waals surface area contributed by atoms with E-state index in [1.807, 2.05) is 0 Å². The zero-order valence-electron chi connectivity index (χ0n) is 7.85. The normalized spacial score (nSPS) is 8.69. The molecule has 0 unspecified atom stereocenters. The highest BCUT2D eigenvalue weighted by Crippen LogP contribution is 2.26. The van der Waals surface area contributed by atoms with Gasteiger partial charge >= 0.3 is 0 Å². The fourth-order valence-corrected chi connectivity index (χ4v) is 1.41. The van der Waals surface area contributed by atoms with Crippen molar-refractivity contribution < 1.29 is 4.92 Å². The molecule has 16 heavy (non-hydrogen) atoms. The molecule has 0 heterocycles. The van der Waals surface area contributed by atoms with Gasteiger partial charge in [0.1, 0.15) is 17.7 Å². The van der Waals surface area contributed by atoms with Crippen molar-refractivity contribution in [3.63, 3.8) is 0 Å². The molecule has 0 bridgehead atoms. The first-order valence-corrected chi connectivity index (χ1v) is 4.83. The molecule has 0 fully saturated rings. The van der Waals surface area contributed by atoms with Crippen LogP contribution in [0.4, 0.5) is 5.69 Å². The summed E-state index contributed by atoms with van der Waals surface area (Å²) in [6, 6.07) is 7.73. The van der Waals surface area contributed by atoms with Crippen LogP contribution in [0.1, 0.15) is 5.56 Å². The molecular formula is C10H4BrN3O2. The summed E-state index contributed by atoms with van der Waals surface area (Å²) in [5.41, 5.74) is 0.230. The third-order valence-electron chi connectivity index (χ3n) is 1.72. The van der Waals surface area contributed by atoms with E-state index in [0.29, 0.717) is 10.0 Å². The molecule has 1 aromatic rings. The van der Waals surface area contributed by atoms with Crippen LogP contribution in [0.5, 0.6) is 0 Å². The van der Waals surface area contributed by atoms with E-state index in [4.69, 9.17) is 10.5 Å². The van der Waals surface area contributed by atoms with Crippen molar-refractivity contribution in [1.82, 2.24) is 0 Å². The predicted octanol–water partition coefficient (Wildman–Crippen LogP) is 2.79. The molecule has 0 atom stereocenters. The molecule has 0 aliphatic rings. The molecule has 0 N–H and O–H groups in total. The number of nitriles is 2. The molecule has 0 aliphatic heterocycles. The van der Waals surface area contributed by atoms with E-state index < -0.39 is 4.92 Å². The maximum atomic E-state index is 10.6. The smallest absolute Gasteiger partial charge is 0.258 e. The number of rotatable bonds is 2. The van der Waals surface area contributed by atoms with Gasteiger partial charge in [-0.1, -0.05) is 6.07 Å². The molecule has 6 heteroatoms. The van der Waals surface area contributed by atoms with Crippen molar-refractivity contribution >= 4 is 27.7 Å². The minimum atomic E-state index is -0.542. The molecule has 5 nitrogen and oxygen atoms in total. The summed E-state index contributed by atoms with van der Waals surface area (Å²) in [6.45, 7) is 0. The van der Waals surface area contributed by atoms with Gasteiger partial charge in [-0.2, -0.15) is 10.5 Å². The van der Waals surface area contributed by atoms with Crippen LogP contribution in [-0.4, -0.2) is 4.92 Å². The highest BCUT2D eigenvalue weighted by Gasteiger charge is 2.11. The van der Waals surface area contributed by atoms with Crippen molar-refractivity contribution in [2.24, 2.45) is 0 Å². The molecule has 0 saturated heterocycles. The lowest BCUT2D eigenvalue weighted by atomic mass is 10.1. The Morgan fingerprint density at radius 1 is 1.44 bits per heavy atom. The molecule has 1 aromatic carbocycles. The summed E-state index contributed by atoms with van der Waals surface area (Å²) in [7, 11) is 0. The van der Waals surface area contributed by atoms with Crippen molar-refractivity contribution in [2.45, 2.75) is 0 Å². The van der Waals surface area contributed by atoms with Gasteiger partial charge < -0.3 is 0 Å². The van der Waals surface area contributed by atoms with Crippen molar-refractivity contribution in [3.8, 4) is 12.1 Å². The summed E-state index contributed by atoms with van der Waals surface area (Å²) in [4.78, 5) is 10.1. The van der Waals surface area contributed by atoms with Crippen LogP contribution in [0, 0.1) is 32.8 Å². The lowest BCUT2D eigenvalue weighted by Gasteiger charge is -1.97. The van der Waals surface area contributed by atoms with Crippen LogP contribution in [0.2, 0.25) is 0 Å². The highest BCUT2D eigenvalue weighted by molar-refractivity contribution is 9.10. The standard InChI is InChI=1S/C10H4BrN3O2/c11-9-2-1-7(3-8(5-12)6-13)4-10(9)14(15)16/h1-4H. The Morgan fingerprint density at radius 2 is 2.06 bits per heavy atom. The molecule has 78 valence electrons. The fraction of sp³-hybridized carbons (Fsp3) is 0. The average Bonchev–Trinajstić information content (AvgIpc) is 2.27. The van der Waals surface area contributed by atoms with Gasteiger partial charge in [-0.15, -0.1) is 0 Å². The monoisotopic (exact) mass is 277 g/mol. The van der Waals surface area contributed by atoms with E-state index in [0.717, 1.165) is 0 Å². The minimum Gasteiger partial charge on any atom is -0.258 e. The lowest BCUT2D eigenvalue weighted by Crippen LogP contribution is -1.90. The second-order valence-corrected chi connectivity index (χ2v) is 3.60. The van der Waals surface area contributed by atoms with E-state index in [1.165, 1.54) is 18.2 Å². The zero-order valence-corrected chi connectivity index (χ0v) is 9.43. The number of nitro benzene ring substituents is 1. The van der Waals surface area contributed by atoms with Crippen LogP contribution >= 0.6 is 15.9 Å². The third kappa shape index (κ3) is 2.66. The first-order chi connectivity index (χ1) is 7.58. The number of hydrogen-bond donors (Lipinski definition) is 0. The number of nitrogens with zero attached hydrogens (tertiary/aromatic N) is 3. The molecule has 0 amide bonds. The second kappa shape index (κ2) is 5.06. The Hall–Kier alpha value is -2.18. The molecule has 0 radical (unpaired) electrons. The number of nitro groups is 1. The number of allylic oxidation sites excluding steroid dienone is 1. The van der Waals surface area contributed by atoms with Crippen LogP contribution in [0.25, 0.3) is 6.08 Å². The maximum absolute atomic E-state index is 10.6. The van der Waals surface area contributed by atoms with Crippen LogP contribution in [-0.2, 0) is 0 Å². The third-order valence-corrected chi connectivity index (χ3v) is 2.39. The topological polar surface area (TPSA) is 90.7 Å². The quantitative estimate of drug-likeness (QED) is 0.472. The summed E-state index contributed by atoms with van der Waals surface area (Å²) in [5.74, 6) is 0. The van der Waals surface area contributed by atoms with Gasteiger partial charge in [0.2, 0.25) is 0 Å². The van der Waals surface area contributed by atoms with Crippen LogP contribution in [0.15, 0.2) is 28.2 Å². The largest absolute Gasteiger partial charge is 0.284 e. The first-order valence-electron chi connectivity index (χ1n) is 4.04. The lowest BCUT2D eigenvalue weighted by molar-refractivity contribution is -0.385. The summed E-state index contributed by atoms with van der Waals surface area (Å²) in [5, 5.41) is 27.7. The molecule has 1 rings (SSSR count). The van der Waals surface area contributed by atoms with Crippen molar-refractivity contribution in [3.05, 3.63) is 43.9 Å². The number of hydrogen-bond acceptors (Lipinski definition) is 4. The summed E-state index contributed by atoms with van der Waals surface area (Å²) >= 11 is 3.04.